The first-order valence-corrected chi connectivity index (χ1v) is 6.23. The van der Waals surface area contributed by atoms with Gasteiger partial charge in [0.25, 0.3) is 0 Å². The second-order valence-corrected chi connectivity index (χ2v) is 5.15. The van der Waals surface area contributed by atoms with Crippen molar-refractivity contribution < 1.29 is 9.53 Å². The molecule has 0 aliphatic carbocycles. The van der Waals surface area contributed by atoms with E-state index in [-0.39, 0.29) is 5.97 Å². The number of hydrogen-bond donors (Lipinski definition) is 2. The molecular formula is C12H27N3O2. The number of esters is 1. The zero-order chi connectivity index (χ0) is 13.3. The number of rotatable bonds is 8. The maximum atomic E-state index is 11.7. The smallest absolute Gasteiger partial charge is 0.320 e. The van der Waals surface area contributed by atoms with Gasteiger partial charge in [0.2, 0.25) is 0 Å². The molecule has 0 saturated heterocycles. The highest BCUT2D eigenvalue weighted by Crippen LogP contribution is 2.07. The van der Waals surface area contributed by atoms with E-state index in [0.717, 1.165) is 25.9 Å². The largest absolute Gasteiger partial charge is 0.459 e. The van der Waals surface area contributed by atoms with Gasteiger partial charge in [-0.3, -0.25) is 9.69 Å². The molecule has 5 heteroatoms. The zero-order valence-electron chi connectivity index (χ0n) is 11.4. The quantitative estimate of drug-likeness (QED) is 0.602. The summed E-state index contributed by atoms with van der Waals surface area (Å²) >= 11 is 0. The van der Waals surface area contributed by atoms with Crippen LogP contribution < -0.4 is 11.5 Å². The van der Waals surface area contributed by atoms with E-state index in [1.165, 1.54) is 0 Å². The Labute approximate surface area is 104 Å². The fourth-order valence-electron chi connectivity index (χ4n) is 1.46. The summed E-state index contributed by atoms with van der Waals surface area (Å²) in [6.45, 7) is 8.82. The molecule has 0 aromatic carbocycles. The van der Waals surface area contributed by atoms with E-state index in [2.05, 4.69) is 0 Å². The third kappa shape index (κ3) is 10.2. The topological polar surface area (TPSA) is 81.6 Å². The van der Waals surface area contributed by atoms with Crippen molar-refractivity contribution in [3.8, 4) is 0 Å². The summed E-state index contributed by atoms with van der Waals surface area (Å²) in [7, 11) is 0. The number of carbonyl (C=O) groups is 1. The fraction of sp³-hybridized carbons (Fsp3) is 0.917. The highest BCUT2D eigenvalue weighted by atomic mass is 16.6. The van der Waals surface area contributed by atoms with Gasteiger partial charge in [0.05, 0.1) is 6.54 Å². The first kappa shape index (κ1) is 16.4. The lowest BCUT2D eigenvalue weighted by Crippen LogP contribution is -2.37. The standard InChI is InChI=1S/C12H27N3O2/c1-12(2,3)17-11(16)10-15(8-4-6-13)9-5-7-14/h4-10,13-14H2,1-3H3. The maximum absolute atomic E-state index is 11.7. The molecule has 5 nitrogen and oxygen atoms in total. The third-order valence-electron chi connectivity index (χ3n) is 2.13. The van der Waals surface area contributed by atoms with Crippen molar-refractivity contribution in [1.29, 1.82) is 0 Å². The number of carbonyl (C=O) groups excluding carboxylic acids is 1. The van der Waals surface area contributed by atoms with Gasteiger partial charge in [-0.05, 0) is 59.8 Å². The first-order valence-electron chi connectivity index (χ1n) is 6.23. The van der Waals surface area contributed by atoms with E-state index in [4.69, 9.17) is 16.2 Å². The number of nitrogens with two attached hydrogens (primary N) is 2. The molecule has 0 rings (SSSR count). The van der Waals surface area contributed by atoms with Crippen LogP contribution in [0.3, 0.4) is 0 Å². The lowest BCUT2D eigenvalue weighted by atomic mass is 10.2. The Morgan fingerprint density at radius 2 is 1.59 bits per heavy atom. The summed E-state index contributed by atoms with van der Waals surface area (Å²) in [6.07, 6.45) is 1.76. The Bertz CT molecular complexity index is 206. The van der Waals surface area contributed by atoms with Crippen molar-refractivity contribution in [3.05, 3.63) is 0 Å². The molecular weight excluding hydrogens is 218 g/mol. The Morgan fingerprint density at radius 1 is 1.12 bits per heavy atom. The molecule has 102 valence electrons. The van der Waals surface area contributed by atoms with Crippen LogP contribution in [0.2, 0.25) is 0 Å². The Balaban J connectivity index is 4.07. The highest BCUT2D eigenvalue weighted by Gasteiger charge is 2.18. The van der Waals surface area contributed by atoms with Gasteiger partial charge in [0, 0.05) is 0 Å². The second kappa shape index (κ2) is 8.44. The fourth-order valence-corrected chi connectivity index (χ4v) is 1.46. The van der Waals surface area contributed by atoms with Gasteiger partial charge in [0.1, 0.15) is 5.60 Å². The minimum Gasteiger partial charge on any atom is -0.459 e. The average molecular weight is 245 g/mol. The summed E-state index contributed by atoms with van der Waals surface area (Å²) in [5.74, 6) is -0.188. The van der Waals surface area contributed by atoms with E-state index in [0.29, 0.717) is 19.6 Å². The predicted molar refractivity (Wildman–Crippen MR) is 69.6 cm³/mol. The molecule has 0 unspecified atom stereocenters. The monoisotopic (exact) mass is 245 g/mol. The van der Waals surface area contributed by atoms with Crippen molar-refractivity contribution in [3.63, 3.8) is 0 Å². The van der Waals surface area contributed by atoms with Crippen LogP contribution in [0.15, 0.2) is 0 Å². The Kier molecular flexibility index (Phi) is 8.12. The summed E-state index contributed by atoms with van der Waals surface area (Å²) in [5, 5.41) is 0. The van der Waals surface area contributed by atoms with Crippen LogP contribution in [0.5, 0.6) is 0 Å². The minimum atomic E-state index is -0.426. The molecule has 0 radical (unpaired) electrons. The van der Waals surface area contributed by atoms with Gasteiger partial charge in [-0.1, -0.05) is 0 Å². The number of hydrogen-bond acceptors (Lipinski definition) is 5. The van der Waals surface area contributed by atoms with Gasteiger partial charge in [0.15, 0.2) is 0 Å². The van der Waals surface area contributed by atoms with Crippen LogP contribution >= 0.6 is 0 Å². The zero-order valence-corrected chi connectivity index (χ0v) is 11.4. The van der Waals surface area contributed by atoms with Crippen molar-refractivity contribution in [2.24, 2.45) is 11.5 Å². The normalized spacial score (nSPS) is 11.9. The molecule has 0 fully saturated rings. The summed E-state index contributed by atoms with van der Waals surface area (Å²) in [4.78, 5) is 13.7. The molecule has 17 heavy (non-hydrogen) atoms. The third-order valence-corrected chi connectivity index (χ3v) is 2.13. The lowest BCUT2D eigenvalue weighted by molar-refractivity contribution is -0.156. The molecule has 0 bridgehead atoms. The second-order valence-electron chi connectivity index (χ2n) is 5.15. The molecule has 0 aromatic heterocycles. The minimum absolute atomic E-state index is 0.188. The molecule has 0 amide bonds. The molecule has 0 aromatic rings. The number of nitrogens with zero attached hydrogens (tertiary/aromatic N) is 1. The van der Waals surface area contributed by atoms with E-state index >= 15 is 0 Å². The summed E-state index contributed by atoms with van der Waals surface area (Å²) in [5.41, 5.74) is 10.5. The Morgan fingerprint density at radius 3 is 1.94 bits per heavy atom. The summed E-state index contributed by atoms with van der Waals surface area (Å²) in [6, 6.07) is 0. The van der Waals surface area contributed by atoms with E-state index < -0.39 is 5.60 Å². The van der Waals surface area contributed by atoms with E-state index in [1.807, 2.05) is 25.7 Å². The Hall–Kier alpha value is -0.650. The molecule has 0 aliphatic rings. The summed E-state index contributed by atoms with van der Waals surface area (Å²) < 4.78 is 5.29. The number of ether oxygens (including phenoxy) is 1. The van der Waals surface area contributed by atoms with Gasteiger partial charge in [-0.25, -0.2) is 0 Å². The van der Waals surface area contributed by atoms with E-state index in [1.54, 1.807) is 0 Å². The van der Waals surface area contributed by atoms with Gasteiger partial charge >= 0.3 is 5.97 Å². The molecule has 0 aliphatic heterocycles. The van der Waals surface area contributed by atoms with Gasteiger partial charge < -0.3 is 16.2 Å². The SMILES string of the molecule is CC(C)(C)OC(=O)CN(CCCN)CCCN. The first-order chi connectivity index (χ1) is 7.89. The molecule has 4 N–H and O–H groups in total. The van der Waals surface area contributed by atoms with Crippen LogP contribution in [0.1, 0.15) is 33.6 Å². The molecule has 0 heterocycles. The van der Waals surface area contributed by atoms with Crippen LogP contribution in [0, 0.1) is 0 Å². The van der Waals surface area contributed by atoms with Crippen LogP contribution in [-0.4, -0.2) is 49.2 Å². The molecule has 0 spiro atoms. The molecule has 0 saturated carbocycles. The lowest BCUT2D eigenvalue weighted by Gasteiger charge is -2.24. The average Bonchev–Trinajstić information content (AvgIpc) is 2.19. The van der Waals surface area contributed by atoms with Crippen LogP contribution in [0.25, 0.3) is 0 Å². The van der Waals surface area contributed by atoms with Crippen LogP contribution in [-0.2, 0) is 9.53 Å². The maximum Gasteiger partial charge on any atom is 0.320 e. The van der Waals surface area contributed by atoms with Crippen LogP contribution in [0.4, 0.5) is 0 Å². The van der Waals surface area contributed by atoms with Crippen molar-refractivity contribution in [1.82, 2.24) is 4.90 Å². The highest BCUT2D eigenvalue weighted by molar-refractivity contribution is 5.72. The predicted octanol–water partition coefficient (Wildman–Crippen LogP) is 0.328. The van der Waals surface area contributed by atoms with Crippen molar-refractivity contribution in [2.75, 3.05) is 32.7 Å². The van der Waals surface area contributed by atoms with E-state index in [9.17, 15) is 4.79 Å². The van der Waals surface area contributed by atoms with Crippen molar-refractivity contribution >= 4 is 5.97 Å². The van der Waals surface area contributed by atoms with Gasteiger partial charge in [-0.2, -0.15) is 0 Å². The van der Waals surface area contributed by atoms with Gasteiger partial charge in [-0.15, -0.1) is 0 Å². The molecule has 0 atom stereocenters. The van der Waals surface area contributed by atoms with Crippen molar-refractivity contribution in [2.45, 2.75) is 39.2 Å².